The summed E-state index contributed by atoms with van der Waals surface area (Å²) in [5.41, 5.74) is -14.4. The van der Waals surface area contributed by atoms with Crippen molar-refractivity contribution in [2.24, 2.45) is 16.7 Å². The lowest BCUT2D eigenvalue weighted by atomic mass is 9.44. The van der Waals surface area contributed by atoms with Crippen LogP contribution < -0.4 is 5.32 Å². The van der Waals surface area contributed by atoms with Crippen molar-refractivity contribution in [3.05, 3.63) is 47.0 Å². The van der Waals surface area contributed by atoms with Gasteiger partial charge in [-0.05, 0) is 64.8 Å². The van der Waals surface area contributed by atoms with Crippen molar-refractivity contribution in [2.45, 2.75) is 147 Å². The number of aliphatic hydroxyl groups excluding tert-OH is 1. The lowest BCUT2D eigenvalue weighted by Gasteiger charge is -2.67. The Morgan fingerprint density at radius 1 is 0.937 bits per heavy atom. The molecule has 1 amide bonds. The lowest BCUT2D eigenvalue weighted by Crippen LogP contribution is -2.83. The summed E-state index contributed by atoms with van der Waals surface area (Å²) >= 11 is 0. The van der Waals surface area contributed by atoms with Crippen molar-refractivity contribution in [3.63, 3.8) is 0 Å². The van der Waals surface area contributed by atoms with E-state index in [4.69, 9.17) is 37.9 Å². The molecule has 5 aliphatic rings. The quantitative estimate of drug-likeness (QED) is 0.192. The number of Topliss-reactive ketones (excluding diaryl/α,β-unsaturated/α-hetero) is 1. The van der Waals surface area contributed by atoms with E-state index >= 15 is 4.79 Å². The lowest BCUT2D eigenvalue weighted by molar-refractivity contribution is -0.345. The molecule has 1 aromatic carbocycles. The van der Waals surface area contributed by atoms with Gasteiger partial charge < -0.3 is 53.4 Å². The number of ether oxygens (including phenoxy) is 8. The highest BCUT2D eigenvalue weighted by atomic mass is 19.4. The molecule has 346 valence electrons. The number of alkyl carbamates (subject to hydrolysis) is 1. The fourth-order valence-corrected chi connectivity index (χ4v) is 10.1. The van der Waals surface area contributed by atoms with Crippen LogP contribution in [0.15, 0.2) is 41.5 Å². The maximum Gasteiger partial charge on any atom is 0.509 e. The number of nitrogens with one attached hydrogen (secondary N) is 1. The highest BCUT2D eigenvalue weighted by molar-refractivity contribution is 5.96. The number of amides is 1. The zero-order valence-corrected chi connectivity index (χ0v) is 36.1. The van der Waals surface area contributed by atoms with Crippen LogP contribution in [0.1, 0.15) is 86.0 Å². The summed E-state index contributed by atoms with van der Waals surface area (Å²) in [5.74, 6) is -7.99. The van der Waals surface area contributed by atoms with Crippen LogP contribution in [0.3, 0.4) is 0 Å². The number of carbonyl (C=O) groups excluding carboxylic acids is 7. The first-order valence-corrected chi connectivity index (χ1v) is 19.9. The molecule has 63 heavy (non-hydrogen) atoms. The summed E-state index contributed by atoms with van der Waals surface area (Å²) in [7, 11) is 0. The zero-order valence-electron chi connectivity index (χ0n) is 36.1. The summed E-state index contributed by atoms with van der Waals surface area (Å²) in [6.07, 6.45) is -20.4. The average molecular weight is 898 g/mol. The van der Waals surface area contributed by atoms with Gasteiger partial charge in [-0.25, -0.2) is 19.2 Å². The van der Waals surface area contributed by atoms with E-state index in [1.165, 1.54) is 78.0 Å². The predicted molar refractivity (Wildman–Crippen MR) is 203 cm³/mol. The number of carbonyl (C=O) groups is 7. The Bertz CT molecular complexity index is 2130. The Balaban J connectivity index is 1.64. The summed E-state index contributed by atoms with van der Waals surface area (Å²) in [5, 5.41) is 25.0. The van der Waals surface area contributed by atoms with Crippen LogP contribution in [0.25, 0.3) is 0 Å². The van der Waals surface area contributed by atoms with Crippen molar-refractivity contribution >= 4 is 41.9 Å². The van der Waals surface area contributed by atoms with Gasteiger partial charge in [0.25, 0.3) is 0 Å². The van der Waals surface area contributed by atoms with Crippen LogP contribution in [0.4, 0.5) is 22.8 Å². The van der Waals surface area contributed by atoms with Crippen molar-refractivity contribution in [1.82, 2.24) is 5.32 Å². The molecule has 4 fully saturated rings. The van der Waals surface area contributed by atoms with Crippen molar-refractivity contribution in [1.29, 1.82) is 0 Å². The predicted octanol–water partition coefficient (Wildman–Crippen LogP) is 3.56. The number of alkyl halides is 3. The SMILES string of the molecule is CC(=O)O[C@H]1C(=O)[C@@]2(C)C([C@H](OC(=O)c3ccccc3)[C@]34OC(=O)OC3[C@H](OC(=O)[C@](C)(O)[C@H](NC(=O)OC(C)(C)C)C(F)(F)F)C(C)=C1C4(C)C)[C@]1(OC(C)=O)COC1C[C@@H]2O. The van der Waals surface area contributed by atoms with Crippen LogP contribution in [-0.4, -0.2) is 130 Å². The van der Waals surface area contributed by atoms with E-state index in [-0.39, 0.29) is 23.1 Å². The summed E-state index contributed by atoms with van der Waals surface area (Å²) in [4.78, 5) is 96.6. The number of ketones is 1. The number of fused-ring (bicyclic) bond motifs is 4. The van der Waals surface area contributed by atoms with E-state index in [1.54, 1.807) is 6.07 Å². The van der Waals surface area contributed by atoms with Gasteiger partial charge in [-0.1, -0.05) is 32.0 Å². The topological polar surface area (TPSA) is 246 Å². The number of benzene rings is 1. The Morgan fingerprint density at radius 2 is 1.56 bits per heavy atom. The van der Waals surface area contributed by atoms with Crippen molar-refractivity contribution in [3.8, 4) is 0 Å². The molecule has 18 nitrogen and oxygen atoms in total. The molecule has 1 spiro atoms. The third-order valence-corrected chi connectivity index (χ3v) is 12.8. The Kier molecular flexibility index (Phi) is 11.6. The smallest absolute Gasteiger partial charge is 0.454 e. The van der Waals surface area contributed by atoms with Gasteiger partial charge in [0, 0.05) is 25.7 Å². The third kappa shape index (κ3) is 7.48. The molecule has 0 radical (unpaired) electrons. The summed E-state index contributed by atoms with van der Waals surface area (Å²) in [6, 6.07) is 3.92. The summed E-state index contributed by atoms with van der Waals surface area (Å²) in [6.45, 7) is 11.3. The molecular weight excluding hydrogens is 847 g/mol. The van der Waals surface area contributed by atoms with Gasteiger partial charge in [0.1, 0.15) is 11.7 Å². The number of hydrogen-bond acceptors (Lipinski definition) is 17. The van der Waals surface area contributed by atoms with Gasteiger partial charge in [-0.2, -0.15) is 13.2 Å². The second-order valence-corrected chi connectivity index (χ2v) is 18.4. The summed E-state index contributed by atoms with van der Waals surface area (Å²) < 4.78 is 90.6. The molecule has 1 aromatic rings. The Hall–Kier alpha value is -5.28. The van der Waals surface area contributed by atoms with Crippen molar-refractivity contribution < 1.29 is 94.8 Å². The second-order valence-electron chi connectivity index (χ2n) is 18.4. The number of halogens is 3. The first-order chi connectivity index (χ1) is 28.9. The standard InChI is InChI=1S/C42H50F3NO17/c1-18-24-26(57-19(2)47)28(50)38(9)22(49)16-23-40(17-56-23,61-20(3)48)27(38)30(59-31(51)21-14-12-11-13-15-21)41(37(24,7)8)29(60-35(54)63-41)25(18)58-33(52)39(10,55)32(42(43,44)45)46-34(53)62-36(4,5)6/h11-15,22-23,25-27,29-30,32,49,55H,16-17H2,1-10H3,(H,46,53)/t22-,23?,25+,26+,27?,29?,30-,32-,38+,39+,40-,41+/m0/s1. The third-order valence-electron chi connectivity index (χ3n) is 12.8. The van der Waals surface area contributed by atoms with E-state index in [0.717, 1.165) is 13.8 Å². The fourth-order valence-electron chi connectivity index (χ4n) is 10.1. The van der Waals surface area contributed by atoms with Crippen LogP contribution >= 0.6 is 0 Å². The number of aliphatic hydroxyl groups is 2. The molecule has 3 aliphatic carbocycles. The normalized spacial score (nSPS) is 34.6. The molecular formula is C42H50F3NO17. The Labute approximate surface area is 359 Å². The van der Waals surface area contributed by atoms with Crippen molar-refractivity contribution in [2.75, 3.05) is 6.61 Å². The molecule has 2 bridgehead atoms. The molecule has 12 atom stereocenters. The van der Waals surface area contributed by atoms with Crippen LogP contribution in [0, 0.1) is 16.7 Å². The van der Waals surface area contributed by atoms with Gasteiger partial charge in [0.05, 0.1) is 29.6 Å². The molecule has 6 rings (SSSR count). The highest BCUT2D eigenvalue weighted by Gasteiger charge is 2.83. The molecule has 2 saturated heterocycles. The fraction of sp³-hybridized carbons (Fsp3) is 0.643. The molecule has 2 heterocycles. The van der Waals surface area contributed by atoms with Crippen LogP contribution in [0.2, 0.25) is 0 Å². The van der Waals surface area contributed by atoms with Gasteiger partial charge in [-0.15, -0.1) is 0 Å². The first kappa shape index (κ1) is 47.2. The van der Waals surface area contributed by atoms with Crippen LogP contribution in [0.5, 0.6) is 0 Å². The van der Waals surface area contributed by atoms with Gasteiger partial charge in [0.2, 0.25) is 5.60 Å². The average Bonchev–Trinajstić information content (AvgIpc) is 3.51. The molecule has 3 N–H and O–H groups in total. The highest BCUT2D eigenvalue weighted by Crippen LogP contribution is 2.67. The van der Waals surface area contributed by atoms with Gasteiger partial charge >= 0.3 is 42.3 Å². The minimum absolute atomic E-state index is 0.0851. The monoisotopic (exact) mass is 897 g/mol. The Morgan fingerprint density at radius 3 is 2.08 bits per heavy atom. The second kappa shape index (κ2) is 15.5. The minimum atomic E-state index is -5.54. The number of rotatable bonds is 8. The largest absolute Gasteiger partial charge is 0.509 e. The van der Waals surface area contributed by atoms with E-state index < -0.39 is 137 Å². The van der Waals surface area contributed by atoms with Crippen LogP contribution in [-0.2, 0) is 57.1 Å². The first-order valence-electron chi connectivity index (χ1n) is 19.9. The van der Waals surface area contributed by atoms with E-state index in [9.17, 15) is 52.2 Å². The molecule has 3 unspecified atom stereocenters. The molecule has 21 heteroatoms. The van der Waals surface area contributed by atoms with Gasteiger partial charge in [0.15, 0.2) is 47.4 Å². The van der Waals surface area contributed by atoms with E-state index in [1.807, 2.05) is 0 Å². The zero-order chi connectivity index (χ0) is 47.2. The molecule has 2 saturated carbocycles. The molecule has 2 aliphatic heterocycles. The maximum atomic E-state index is 15.5. The molecule has 0 aromatic heterocycles. The number of esters is 4. The number of hydrogen-bond donors (Lipinski definition) is 3. The van der Waals surface area contributed by atoms with Gasteiger partial charge in [-0.3, -0.25) is 14.4 Å². The van der Waals surface area contributed by atoms with E-state index in [0.29, 0.717) is 6.92 Å². The minimum Gasteiger partial charge on any atom is -0.454 e. The van der Waals surface area contributed by atoms with E-state index in [2.05, 4.69) is 0 Å². The maximum absolute atomic E-state index is 15.5.